The van der Waals surface area contributed by atoms with E-state index in [0.29, 0.717) is 10.6 Å². The number of hydrogen-bond acceptors (Lipinski definition) is 6. The van der Waals surface area contributed by atoms with Crippen LogP contribution in [0, 0.1) is 0 Å². The smallest absolute Gasteiger partial charge is 0.365 e. The van der Waals surface area contributed by atoms with Gasteiger partial charge in [0.1, 0.15) is 0 Å². The molecule has 7 nitrogen and oxygen atoms in total. The van der Waals surface area contributed by atoms with Crippen LogP contribution in [0.25, 0.3) is 11.0 Å². The number of H-pyrrole nitrogens is 1. The van der Waals surface area contributed by atoms with Crippen LogP contribution in [-0.4, -0.2) is 52.9 Å². The van der Waals surface area contributed by atoms with E-state index in [1.807, 2.05) is 36.4 Å². The van der Waals surface area contributed by atoms with Gasteiger partial charge in [0.2, 0.25) is 11.8 Å². The summed E-state index contributed by atoms with van der Waals surface area (Å²) in [6.45, 7) is 3.09. The quantitative estimate of drug-likeness (QED) is 0.533. The molecule has 2 aliphatic heterocycles. The maximum atomic E-state index is 12.2. The summed E-state index contributed by atoms with van der Waals surface area (Å²) in [5.74, 6) is 0.658. The fraction of sp³-hybridized carbons (Fsp3) is 0.190. The number of rotatable bonds is 3. The summed E-state index contributed by atoms with van der Waals surface area (Å²) in [7, 11) is 0. The minimum atomic E-state index is -0.459. The lowest BCUT2D eigenvalue weighted by Crippen LogP contribution is -2.44. The highest BCUT2D eigenvalue weighted by Crippen LogP contribution is 2.23. The lowest BCUT2D eigenvalue weighted by atomic mass is 10.2. The van der Waals surface area contributed by atoms with Gasteiger partial charge in [0, 0.05) is 32.4 Å². The molecule has 8 heteroatoms. The van der Waals surface area contributed by atoms with Gasteiger partial charge in [-0.3, -0.25) is 0 Å². The molecule has 2 aromatic carbocycles. The standard InChI is InChI=1S/C21H18ClN5O2/c22-15-6-2-1-5-14(15)19-23-18(20(28)29-19)13-26-9-11-27(12-10-26)21-24-16-7-3-4-8-17(16)25-21/h1-8,13H,9-12H2,(H,24,25). The molecular formula is C21H18ClN5O2. The van der Waals surface area contributed by atoms with Crippen molar-refractivity contribution >= 4 is 40.4 Å². The number of aromatic amines is 1. The molecule has 0 atom stereocenters. The summed E-state index contributed by atoms with van der Waals surface area (Å²) < 4.78 is 5.31. The van der Waals surface area contributed by atoms with Crippen LogP contribution in [0.3, 0.4) is 0 Å². The van der Waals surface area contributed by atoms with Crippen molar-refractivity contribution in [3.05, 3.63) is 71.0 Å². The third kappa shape index (κ3) is 3.45. The van der Waals surface area contributed by atoms with Gasteiger partial charge in [-0.15, -0.1) is 0 Å². The van der Waals surface area contributed by atoms with Crippen LogP contribution in [0.5, 0.6) is 0 Å². The van der Waals surface area contributed by atoms with Gasteiger partial charge in [-0.2, -0.15) is 0 Å². The number of nitrogens with one attached hydrogen (secondary N) is 1. The molecule has 1 saturated heterocycles. The first-order valence-corrected chi connectivity index (χ1v) is 9.76. The van der Waals surface area contributed by atoms with Gasteiger partial charge >= 0.3 is 5.97 Å². The van der Waals surface area contributed by atoms with Gasteiger partial charge in [0.05, 0.1) is 21.6 Å². The van der Waals surface area contributed by atoms with Crippen LogP contribution >= 0.6 is 11.6 Å². The Balaban J connectivity index is 1.29. The number of esters is 1. The summed E-state index contributed by atoms with van der Waals surface area (Å²) in [4.78, 5) is 28.9. The predicted molar refractivity (Wildman–Crippen MR) is 112 cm³/mol. The lowest BCUT2D eigenvalue weighted by Gasteiger charge is -2.33. The van der Waals surface area contributed by atoms with Gasteiger partial charge in [-0.05, 0) is 24.3 Å². The zero-order valence-electron chi connectivity index (χ0n) is 15.5. The first kappa shape index (κ1) is 17.8. The number of fused-ring (bicyclic) bond motifs is 1. The number of imidazole rings is 1. The molecule has 5 rings (SSSR count). The van der Waals surface area contributed by atoms with Gasteiger partial charge in [-0.1, -0.05) is 35.9 Å². The van der Waals surface area contributed by atoms with Crippen molar-refractivity contribution in [2.45, 2.75) is 0 Å². The van der Waals surface area contributed by atoms with Crippen LogP contribution in [0.4, 0.5) is 5.95 Å². The highest BCUT2D eigenvalue weighted by atomic mass is 35.5. The number of carbonyl (C=O) groups is 1. The molecule has 0 aliphatic carbocycles. The average Bonchev–Trinajstić information content (AvgIpc) is 3.33. The molecule has 0 amide bonds. The largest absolute Gasteiger partial charge is 0.402 e. The second-order valence-corrected chi connectivity index (χ2v) is 7.31. The van der Waals surface area contributed by atoms with Gasteiger partial charge in [0.15, 0.2) is 5.70 Å². The molecule has 0 radical (unpaired) electrons. The topological polar surface area (TPSA) is 73.8 Å². The molecule has 3 heterocycles. The molecule has 29 heavy (non-hydrogen) atoms. The zero-order valence-corrected chi connectivity index (χ0v) is 16.3. The number of aromatic nitrogens is 2. The Morgan fingerprint density at radius 2 is 1.79 bits per heavy atom. The molecule has 0 bridgehead atoms. The first-order valence-electron chi connectivity index (χ1n) is 9.39. The fourth-order valence-corrected chi connectivity index (χ4v) is 3.69. The first-order chi connectivity index (χ1) is 14.2. The van der Waals surface area contributed by atoms with Crippen LogP contribution < -0.4 is 4.90 Å². The molecule has 1 aromatic heterocycles. The Bertz CT molecular complexity index is 1110. The molecular weight excluding hydrogens is 390 g/mol. The van der Waals surface area contributed by atoms with Gasteiger partial charge < -0.3 is 19.5 Å². The second-order valence-electron chi connectivity index (χ2n) is 6.90. The van der Waals surface area contributed by atoms with E-state index >= 15 is 0 Å². The molecule has 1 N–H and O–H groups in total. The van der Waals surface area contributed by atoms with Crippen molar-refractivity contribution < 1.29 is 9.53 Å². The SMILES string of the molecule is O=C1OC(c2ccccc2Cl)=NC1=CN1CCN(c2nc3ccccc3[nH]2)CC1. The summed E-state index contributed by atoms with van der Waals surface area (Å²) in [6, 6.07) is 15.2. The Hall–Kier alpha value is -3.32. The molecule has 146 valence electrons. The lowest BCUT2D eigenvalue weighted by molar-refractivity contribution is -0.130. The zero-order chi connectivity index (χ0) is 19.8. The maximum absolute atomic E-state index is 12.2. The summed E-state index contributed by atoms with van der Waals surface area (Å²) >= 11 is 6.18. The number of cyclic esters (lactones) is 1. The number of ether oxygens (including phenoxy) is 1. The molecule has 0 spiro atoms. The molecule has 0 unspecified atom stereocenters. The highest BCUT2D eigenvalue weighted by molar-refractivity contribution is 6.34. The Morgan fingerprint density at radius 3 is 2.59 bits per heavy atom. The van der Waals surface area contributed by atoms with Crippen LogP contribution in [0.1, 0.15) is 5.56 Å². The normalized spacial score (nSPS) is 18.4. The maximum Gasteiger partial charge on any atom is 0.365 e. The number of anilines is 1. The molecule has 2 aliphatic rings. The van der Waals surface area contributed by atoms with E-state index in [4.69, 9.17) is 16.3 Å². The number of halogens is 1. The van der Waals surface area contributed by atoms with Crippen LogP contribution in [0.15, 0.2) is 65.4 Å². The Morgan fingerprint density at radius 1 is 1.03 bits per heavy atom. The second kappa shape index (κ2) is 7.25. The Labute approximate surface area is 172 Å². The number of para-hydroxylation sites is 2. The van der Waals surface area contributed by atoms with Gasteiger partial charge in [-0.25, -0.2) is 14.8 Å². The predicted octanol–water partition coefficient (Wildman–Crippen LogP) is 3.18. The number of nitrogens with zero attached hydrogens (tertiary/aromatic N) is 4. The van der Waals surface area contributed by atoms with E-state index in [-0.39, 0.29) is 11.6 Å². The van der Waals surface area contributed by atoms with Crippen molar-refractivity contribution in [1.82, 2.24) is 14.9 Å². The number of hydrogen-bond donors (Lipinski definition) is 1. The van der Waals surface area contributed by atoms with Crippen molar-refractivity contribution in [2.24, 2.45) is 4.99 Å². The number of piperazine rings is 1. The van der Waals surface area contributed by atoms with Crippen molar-refractivity contribution in [1.29, 1.82) is 0 Å². The summed E-state index contributed by atoms with van der Waals surface area (Å²) in [6.07, 6.45) is 1.77. The van der Waals surface area contributed by atoms with E-state index in [1.165, 1.54) is 0 Å². The average molecular weight is 408 g/mol. The van der Waals surface area contributed by atoms with Crippen LogP contribution in [-0.2, 0) is 9.53 Å². The minimum Gasteiger partial charge on any atom is -0.402 e. The minimum absolute atomic E-state index is 0.243. The van der Waals surface area contributed by atoms with Crippen molar-refractivity contribution in [3.8, 4) is 0 Å². The Kier molecular flexibility index (Phi) is 4.44. The van der Waals surface area contributed by atoms with E-state index in [9.17, 15) is 4.79 Å². The highest BCUT2D eigenvalue weighted by Gasteiger charge is 2.27. The molecule has 1 fully saturated rings. The van der Waals surface area contributed by atoms with E-state index in [0.717, 1.165) is 43.2 Å². The fourth-order valence-electron chi connectivity index (χ4n) is 3.47. The summed E-state index contributed by atoms with van der Waals surface area (Å²) in [5.41, 5.74) is 2.89. The molecule has 3 aromatic rings. The third-order valence-corrected chi connectivity index (χ3v) is 5.35. The molecule has 0 saturated carbocycles. The third-order valence-electron chi connectivity index (χ3n) is 5.02. The van der Waals surface area contributed by atoms with Crippen LogP contribution in [0.2, 0.25) is 5.02 Å². The summed E-state index contributed by atoms with van der Waals surface area (Å²) in [5, 5.41) is 0.500. The number of aliphatic imine (C=N–C) groups is 1. The number of carbonyl (C=O) groups excluding carboxylic acids is 1. The monoisotopic (exact) mass is 407 g/mol. The van der Waals surface area contributed by atoms with E-state index in [1.54, 1.807) is 18.3 Å². The van der Waals surface area contributed by atoms with E-state index in [2.05, 4.69) is 24.8 Å². The van der Waals surface area contributed by atoms with Crippen molar-refractivity contribution in [2.75, 3.05) is 31.1 Å². The van der Waals surface area contributed by atoms with Gasteiger partial charge in [0.25, 0.3) is 0 Å². The van der Waals surface area contributed by atoms with E-state index < -0.39 is 5.97 Å². The van der Waals surface area contributed by atoms with Crippen molar-refractivity contribution in [3.63, 3.8) is 0 Å². The number of benzene rings is 2.